The lowest BCUT2D eigenvalue weighted by Crippen LogP contribution is -2.24. The SMILES string of the molecule is COC(=O)n1cc[n+](C)c1. The van der Waals surface area contributed by atoms with Crippen LogP contribution in [0.15, 0.2) is 18.7 Å². The Morgan fingerprint density at radius 2 is 2.40 bits per heavy atom. The van der Waals surface area contributed by atoms with Gasteiger partial charge >= 0.3 is 6.09 Å². The average molecular weight is 141 g/mol. The maximum atomic E-state index is 10.8. The summed E-state index contributed by atoms with van der Waals surface area (Å²) in [6.07, 6.45) is 4.65. The molecule has 0 amide bonds. The number of nitrogens with zero attached hydrogens (tertiary/aromatic N) is 2. The van der Waals surface area contributed by atoms with Crippen LogP contribution in [0.25, 0.3) is 0 Å². The van der Waals surface area contributed by atoms with Gasteiger partial charge in [0.05, 0.1) is 14.2 Å². The number of carbonyl (C=O) groups excluding carboxylic acids is 1. The fraction of sp³-hybridized carbons (Fsp3) is 0.333. The lowest BCUT2D eigenvalue weighted by molar-refractivity contribution is -0.670. The van der Waals surface area contributed by atoms with Crippen molar-refractivity contribution in [1.82, 2.24) is 4.57 Å². The predicted octanol–water partition coefficient (Wildman–Crippen LogP) is -0.0729. The molecule has 1 heterocycles. The van der Waals surface area contributed by atoms with Gasteiger partial charge in [-0.2, -0.15) is 4.79 Å². The Kier molecular flexibility index (Phi) is 1.71. The minimum atomic E-state index is -0.374. The Labute approximate surface area is 58.7 Å². The van der Waals surface area contributed by atoms with E-state index in [9.17, 15) is 4.79 Å². The van der Waals surface area contributed by atoms with E-state index >= 15 is 0 Å². The second kappa shape index (κ2) is 2.51. The number of aryl methyl sites for hydroxylation is 1. The van der Waals surface area contributed by atoms with E-state index < -0.39 is 0 Å². The molecule has 0 radical (unpaired) electrons. The highest BCUT2D eigenvalue weighted by Gasteiger charge is 2.09. The van der Waals surface area contributed by atoms with E-state index in [4.69, 9.17) is 0 Å². The third-order valence-electron chi connectivity index (χ3n) is 1.15. The molecule has 1 aromatic rings. The summed E-state index contributed by atoms with van der Waals surface area (Å²) < 4.78 is 7.58. The Morgan fingerprint density at radius 1 is 1.70 bits per heavy atom. The number of hydrogen-bond donors (Lipinski definition) is 0. The molecule has 4 nitrogen and oxygen atoms in total. The summed E-state index contributed by atoms with van der Waals surface area (Å²) in [5.41, 5.74) is 0. The summed E-state index contributed by atoms with van der Waals surface area (Å²) in [4.78, 5) is 10.8. The average Bonchev–Trinajstić information content (AvgIpc) is 2.34. The number of imidazole rings is 1. The van der Waals surface area contributed by atoms with E-state index in [1.807, 2.05) is 7.05 Å². The van der Waals surface area contributed by atoms with Gasteiger partial charge in [0.25, 0.3) is 6.33 Å². The van der Waals surface area contributed by atoms with Crippen molar-refractivity contribution >= 4 is 6.09 Å². The highest BCUT2D eigenvalue weighted by atomic mass is 16.5. The molecule has 54 valence electrons. The van der Waals surface area contributed by atoms with Crippen LogP contribution in [-0.4, -0.2) is 17.8 Å². The van der Waals surface area contributed by atoms with Crippen molar-refractivity contribution < 1.29 is 14.1 Å². The number of rotatable bonds is 0. The number of ether oxygens (including phenoxy) is 1. The van der Waals surface area contributed by atoms with Gasteiger partial charge in [0.15, 0.2) is 0 Å². The zero-order valence-corrected chi connectivity index (χ0v) is 5.94. The Morgan fingerprint density at radius 3 is 2.80 bits per heavy atom. The molecule has 4 heteroatoms. The summed E-state index contributed by atoms with van der Waals surface area (Å²) in [6.45, 7) is 0. The highest BCUT2D eigenvalue weighted by molar-refractivity contribution is 5.69. The van der Waals surface area contributed by atoms with Crippen molar-refractivity contribution in [2.75, 3.05) is 7.11 Å². The predicted molar refractivity (Wildman–Crippen MR) is 33.4 cm³/mol. The number of hydrogen-bond acceptors (Lipinski definition) is 2. The molecular formula is C6H9N2O2+. The maximum Gasteiger partial charge on any atom is 0.511 e. The van der Waals surface area contributed by atoms with E-state index in [0.29, 0.717) is 0 Å². The molecule has 0 aliphatic rings. The van der Waals surface area contributed by atoms with Gasteiger partial charge in [-0.1, -0.05) is 0 Å². The van der Waals surface area contributed by atoms with Crippen LogP contribution in [0.3, 0.4) is 0 Å². The van der Waals surface area contributed by atoms with Crippen LogP contribution in [0.4, 0.5) is 4.79 Å². The van der Waals surface area contributed by atoms with Crippen molar-refractivity contribution in [2.24, 2.45) is 7.05 Å². The van der Waals surface area contributed by atoms with Gasteiger partial charge in [0.1, 0.15) is 12.4 Å². The normalized spacial score (nSPS) is 9.40. The summed E-state index contributed by atoms with van der Waals surface area (Å²) in [7, 11) is 3.18. The maximum absolute atomic E-state index is 10.8. The monoisotopic (exact) mass is 141 g/mol. The third-order valence-corrected chi connectivity index (χ3v) is 1.15. The number of aromatic nitrogens is 2. The summed E-state index contributed by atoms with van der Waals surface area (Å²) in [6, 6.07) is 0. The molecule has 1 aromatic heterocycles. The molecule has 0 N–H and O–H groups in total. The zero-order valence-electron chi connectivity index (χ0n) is 5.94. The van der Waals surface area contributed by atoms with Crippen molar-refractivity contribution in [2.45, 2.75) is 0 Å². The van der Waals surface area contributed by atoms with Crippen LogP contribution < -0.4 is 4.57 Å². The van der Waals surface area contributed by atoms with Gasteiger partial charge < -0.3 is 4.74 Å². The molecule has 0 fully saturated rings. The lowest BCUT2D eigenvalue weighted by Gasteiger charge is -1.88. The first-order valence-electron chi connectivity index (χ1n) is 2.85. The molecule has 0 saturated heterocycles. The molecule has 0 saturated carbocycles. The van der Waals surface area contributed by atoms with Crippen molar-refractivity contribution in [3.63, 3.8) is 0 Å². The zero-order chi connectivity index (χ0) is 7.56. The standard InChI is InChI=1S/C6H9N2O2/c1-7-3-4-8(5-7)6(9)10-2/h3-5H,1-2H3/q+1. The molecule has 0 aliphatic carbocycles. The van der Waals surface area contributed by atoms with E-state index in [0.717, 1.165) is 0 Å². The first kappa shape index (κ1) is 6.80. The largest absolute Gasteiger partial charge is 0.511 e. The number of methoxy groups -OCH3 is 1. The molecule has 0 bridgehead atoms. The molecule has 0 atom stereocenters. The van der Waals surface area contributed by atoms with Gasteiger partial charge in [-0.25, -0.2) is 4.57 Å². The van der Waals surface area contributed by atoms with Crippen molar-refractivity contribution in [1.29, 1.82) is 0 Å². The molecule has 1 rings (SSSR count). The van der Waals surface area contributed by atoms with Gasteiger partial charge in [-0.15, -0.1) is 4.57 Å². The fourth-order valence-electron chi connectivity index (χ4n) is 0.664. The molecule has 0 aliphatic heterocycles. The molecule has 0 aromatic carbocycles. The van der Waals surface area contributed by atoms with Gasteiger partial charge in [0, 0.05) is 0 Å². The molecule has 10 heavy (non-hydrogen) atoms. The van der Waals surface area contributed by atoms with Crippen LogP contribution >= 0.6 is 0 Å². The van der Waals surface area contributed by atoms with E-state index in [2.05, 4.69) is 4.74 Å². The van der Waals surface area contributed by atoms with Crippen molar-refractivity contribution in [3.8, 4) is 0 Å². The van der Waals surface area contributed by atoms with Crippen LogP contribution in [0.1, 0.15) is 0 Å². The molecule has 0 spiro atoms. The van der Waals surface area contributed by atoms with Gasteiger partial charge in [-0.3, -0.25) is 0 Å². The first-order valence-corrected chi connectivity index (χ1v) is 2.85. The highest BCUT2D eigenvalue weighted by Crippen LogP contribution is 1.84. The topological polar surface area (TPSA) is 35.1 Å². The summed E-state index contributed by atoms with van der Waals surface area (Å²) in [5, 5.41) is 0. The van der Waals surface area contributed by atoms with Crippen LogP contribution in [0, 0.1) is 0 Å². The smallest absolute Gasteiger partial charge is 0.434 e. The van der Waals surface area contributed by atoms with Gasteiger partial charge in [0.2, 0.25) is 0 Å². The van der Waals surface area contributed by atoms with E-state index in [1.54, 1.807) is 23.3 Å². The van der Waals surface area contributed by atoms with Gasteiger partial charge in [-0.05, 0) is 0 Å². The number of carbonyl (C=O) groups is 1. The Hall–Kier alpha value is -1.32. The first-order chi connectivity index (χ1) is 4.74. The minimum Gasteiger partial charge on any atom is -0.434 e. The lowest BCUT2D eigenvalue weighted by atomic mass is 10.9. The minimum absolute atomic E-state index is 0.374. The molecular weight excluding hydrogens is 132 g/mol. The Bertz CT molecular complexity index is 242. The fourth-order valence-corrected chi connectivity index (χ4v) is 0.664. The van der Waals surface area contributed by atoms with Crippen LogP contribution in [0.5, 0.6) is 0 Å². The third kappa shape index (κ3) is 1.15. The van der Waals surface area contributed by atoms with Crippen LogP contribution in [0.2, 0.25) is 0 Å². The van der Waals surface area contributed by atoms with E-state index in [1.165, 1.54) is 11.7 Å². The van der Waals surface area contributed by atoms with Crippen LogP contribution in [-0.2, 0) is 11.8 Å². The van der Waals surface area contributed by atoms with Crippen molar-refractivity contribution in [3.05, 3.63) is 18.7 Å². The van der Waals surface area contributed by atoms with E-state index in [-0.39, 0.29) is 6.09 Å². The second-order valence-corrected chi connectivity index (χ2v) is 1.96. The second-order valence-electron chi connectivity index (χ2n) is 1.96. The summed E-state index contributed by atoms with van der Waals surface area (Å²) in [5.74, 6) is 0. The quantitative estimate of drug-likeness (QED) is 0.474. The molecule has 0 unspecified atom stereocenters. The summed E-state index contributed by atoms with van der Waals surface area (Å²) >= 11 is 0. The Balaban J connectivity index is 2.85.